The van der Waals surface area contributed by atoms with Gasteiger partial charge in [-0.25, -0.2) is 0 Å². The van der Waals surface area contributed by atoms with Crippen molar-refractivity contribution in [2.24, 2.45) is 0 Å². The number of benzene rings is 1. The summed E-state index contributed by atoms with van der Waals surface area (Å²) in [6, 6.07) is 10.7. The van der Waals surface area contributed by atoms with Crippen molar-refractivity contribution in [2.45, 2.75) is 37.7 Å². The highest BCUT2D eigenvalue weighted by Gasteiger charge is 2.16. The normalized spacial score (nSPS) is 14.2. The fraction of sp³-hybridized carbons (Fsp3) is 0.500. The maximum atomic E-state index is 2.27. The lowest BCUT2D eigenvalue weighted by molar-refractivity contribution is 0.794. The Kier molecular flexibility index (Phi) is 3.43. The van der Waals surface area contributed by atoms with Crippen LogP contribution < -0.4 is 0 Å². The van der Waals surface area contributed by atoms with Gasteiger partial charge in [0.15, 0.2) is 0 Å². The number of hydrogen-bond donors (Lipinski definition) is 0. The molecule has 0 nitrogen and oxygen atoms in total. The molecule has 0 N–H and O–H groups in total. The minimum Gasteiger partial charge on any atom is -0.148 e. The van der Waals surface area contributed by atoms with Crippen LogP contribution in [0.5, 0.6) is 0 Å². The van der Waals surface area contributed by atoms with E-state index in [0.717, 1.165) is 0 Å². The van der Waals surface area contributed by atoms with E-state index in [0.29, 0.717) is 10.00 Å². The minimum atomic E-state index is 0.343. The Hall–Kier alpha value is -0.430. The van der Waals surface area contributed by atoms with Gasteiger partial charge in [0.25, 0.3) is 0 Å². The molecule has 1 rings (SSSR count). The van der Waals surface area contributed by atoms with Crippen LogP contribution in [-0.2, 0) is 0 Å². The summed E-state index contributed by atoms with van der Waals surface area (Å²) in [4.78, 5) is 0. The van der Waals surface area contributed by atoms with Gasteiger partial charge in [-0.15, -0.1) is 11.8 Å². The van der Waals surface area contributed by atoms with Crippen molar-refractivity contribution in [1.82, 2.24) is 0 Å². The molecule has 1 atom stereocenters. The van der Waals surface area contributed by atoms with Gasteiger partial charge in [-0.05, 0) is 12.5 Å². The van der Waals surface area contributed by atoms with Gasteiger partial charge in [0, 0.05) is 10.00 Å². The first-order valence-electron chi connectivity index (χ1n) is 4.72. The van der Waals surface area contributed by atoms with Crippen molar-refractivity contribution < 1.29 is 0 Å². The van der Waals surface area contributed by atoms with E-state index in [1.807, 2.05) is 11.8 Å². The third-order valence-corrected chi connectivity index (χ3v) is 3.13. The van der Waals surface area contributed by atoms with Crippen LogP contribution in [0.15, 0.2) is 30.3 Å². The van der Waals surface area contributed by atoms with Crippen LogP contribution in [0.2, 0.25) is 0 Å². The lowest BCUT2D eigenvalue weighted by Crippen LogP contribution is -2.09. The highest BCUT2D eigenvalue weighted by Crippen LogP contribution is 2.37. The minimum absolute atomic E-state index is 0.343. The van der Waals surface area contributed by atoms with Crippen molar-refractivity contribution in [3.8, 4) is 0 Å². The Labute approximate surface area is 85.7 Å². The molecule has 0 saturated heterocycles. The van der Waals surface area contributed by atoms with Gasteiger partial charge in [-0.3, -0.25) is 0 Å². The van der Waals surface area contributed by atoms with Crippen molar-refractivity contribution in [3.05, 3.63) is 35.9 Å². The highest BCUT2D eigenvalue weighted by molar-refractivity contribution is 8.00. The molecule has 0 spiro atoms. The van der Waals surface area contributed by atoms with E-state index in [1.165, 1.54) is 5.56 Å². The molecule has 0 radical (unpaired) electrons. The summed E-state index contributed by atoms with van der Waals surface area (Å²) < 4.78 is 0.343. The number of rotatable bonds is 2. The quantitative estimate of drug-likeness (QED) is 0.677. The van der Waals surface area contributed by atoms with Crippen LogP contribution in [0.4, 0.5) is 0 Å². The molecule has 0 aliphatic carbocycles. The Morgan fingerprint density at radius 2 is 1.62 bits per heavy atom. The molecular weight excluding hydrogens is 176 g/mol. The lowest BCUT2D eigenvalue weighted by atomic mass is 10.2. The monoisotopic (exact) mass is 194 g/mol. The predicted molar refractivity (Wildman–Crippen MR) is 62.2 cm³/mol. The average Bonchev–Trinajstić information content (AvgIpc) is 2.03. The van der Waals surface area contributed by atoms with Crippen molar-refractivity contribution in [3.63, 3.8) is 0 Å². The lowest BCUT2D eigenvalue weighted by Gasteiger charge is -2.23. The Bertz CT molecular complexity index is 246. The van der Waals surface area contributed by atoms with Gasteiger partial charge >= 0.3 is 0 Å². The number of hydrogen-bond acceptors (Lipinski definition) is 1. The Balaban J connectivity index is 2.64. The molecule has 0 heterocycles. The fourth-order valence-electron chi connectivity index (χ4n) is 1.32. The zero-order chi connectivity index (χ0) is 9.90. The molecule has 1 aromatic carbocycles. The van der Waals surface area contributed by atoms with Gasteiger partial charge in [0.05, 0.1) is 0 Å². The molecule has 1 aromatic rings. The summed E-state index contributed by atoms with van der Waals surface area (Å²) in [5, 5.41) is 0.584. The average molecular weight is 194 g/mol. The molecule has 72 valence electrons. The first-order chi connectivity index (χ1) is 5.99. The molecule has 0 saturated carbocycles. The van der Waals surface area contributed by atoms with Gasteiger partial charge in [0.1, 0.15) is 0 Å². The van der Waals surface area contributed by atoms with Crippen LogP contribution in [0.3, 0.4) is 0 Å². The smallest absolute Gasteiger partial charge is 0.0274 e. The van der Waals surface area contributed by atoms with Crippen LogP contribution in [-0.4, -0.2) is 4.75 Å². The fourth-order valence-corrected chi connectivity index (χ4v) is 2.68. The van der Waals surface area contributed by atoms with E-state index in [-0.39, 0.29) is 0 Å². The molecule has 0 fully saturated rings. The largest absolute Gasteiger partial charge is 0.148 e. The highest BCUT2D eigenvalue weighted by atomic mass is 32.2. The van der Waals surface area contributed by atoms with E-state index >= 15 is 0 Å². The zero-order valence-corrected chi connectivity index (χ0v) is 9.69. The molecule has 0 aliphatic rings. The van der Waals surface area contributed by atoms with Crippen LogP contribution in [0, 0.1) is 0 Å². The first-order valence-corrected chi connectivity index (χ1v) is 5.60. The molecule has 13 heavy (non-hydrogen) atoms. The zero-order valence-electron chi connectivity index (χ0n) is 8.87. The second kappa shape index (κ2) is 4.19. The van der Waals surface area contributed by atoms with Gasteiger partial charge in [0.2, 0.25) is 0 Å². The summed E-state index contributed by atoms with van der Waals surface area (Å²) in [5.41, 5.74) is 1.42. The van der Waals surface area contributed by atoms with Gasteiger partial charge < -0.3 is 0 Å². The molecule has 0 bridgehead atoms. The van der Waals surface area contributed by atoms with Crippen LogP contribution in [0.25, 0.3) is 0 Å². The molecule has 0 aromatic heterocycles. The molecule has 0 unspecified atom stereocenters. The second-order valence-electron chi connectivity index (χ2n) is 4.28. The van der Waals surface area contributed by atoms with Crippen molar-refractivity contribution in [1.29, 1.82) is 0 Å². The van der Waals surface area contributed by atoms with E-state index in [2.05, 4.69) is 58.0 Å². The molecular formula is C12H18S. The van der Waals surface area contributed by atoms with Crippen LogP contribution >= 0.6 is 11.8 Å². The van der Waals surface area contributed by atoms with E-state index in [4.69, 9.17) is 0 Å². The topological polar surface area (TPSA) is 0 Å². The maximum absolute atomic E-state index is 2.27. The van der Waals surface area contributed by atoms with Gasteiger partial charge in [-0.1, -0.05) is 51.1 Å². The van der Waals surface area contributed by atoms with E-state index in [1.54, 1.807) is 0 Å². The van der Waals surface area contributed by atoms with Crippen molar-refractivity contribution in [2.75, 3.05) is 0 Å². The standard InChI is InChI=1S/C12H18S/c1-10(13-12(2,3)4)11-8-6-5-7-9-11/h5-10H,1-4H3/t10-/m1/s1. The predicted octanol–water partition coefficient (Wildman–Crippen LogP) is 4.28. The summed E-state index contributed by atoms with van der Waals surface area (Å²) in [6.07, 6.45) is 0. The summed E-state index contributed by atoms with van der Waals surface area (Å²) in [5.74, 6) is 0. The van der Waals surface area contributed by atoms with E-state index in [9.17, 15) is 0 Å². The Morgan fingerprint density at radius 3 is 2.08 bits per heavy atom. The summed E-state index contributed by atoms with van der Waals surface area (Å²) >= 11 is 2.01. The van der Waals surface area contributed by atoms with Crippen molar-refractivity contribution >= 4 is 11.8 Å². The maximum Gasteiger partial charge on any atom is 0.0274 e. The molecule has 1 heteroatoms. The van der Waals surface area contributed by atoms with Gasteiger partial charge in [-0.2, -0.15) is 0 Å². The molecule has 0 aliphatic heterocycles. The SMILES string of the molecule is C[C@@H](SC(C)(C)C)c1ccccc1. The Morgan fingerprint density at radius 1 is 1.08 bits per heavy atom. The number of thioether (sulfide) groups is 1. The molecule has 0 amide bonds. The van der Waals surface area contributed by atoms with E-state index < -0.39 is 0 Å². The third-order valence-electron chi connectivity index (χ3n) is 1.80. The second-order valence-corrected chi connectivity index (χ2v) is 6.45. The third kappa shape index (κ3) is 3.86. The summed E-state index contributed by atoms with van der Waals surface area (Å²) in [7, 11) is 0. The summed E-state index contributed by atoms with van der Waals surface area (Å²) in [6.45, 7) is 9.05. The first kappa shape index (κ1) is 10.6. The van der Waals surface area contributed by atoms with Crippen LogP contribution in [0.1, 0.15) is 38.5 Å².